The number of rotatable bonds is 3. The Morgan fingerprint density at radius 2 is 2.43 bits per heavy atom. The minimum Gasteiger partial charge on any atom is -0.469 e. The van der Waals surface area contributed by atoms with Gasteiger partial charge >= 0.3 is 5.97 Å². The van der Waals surface area contributed by atoms with Gasteiger partial charge in [0, 0.05) is 22.9 Å². The van der Waals surface area contributed by atoms with Crippen molar-refractivity contribution in [2.75, 3.05) is 7.11 Å². The second-order valence-electron chi connectivity index (χ2n) is 2.82. The largest absolute Gasteiger partial charge is 0.469 e. The number of aromatic nitrogens is 1. The van der Waals surface area contributed by atoms with Crippen LogP contribution >= 0.6 is 15.9 Å². The zero-order valence-corrected chi connectivity index (χ0v) is 9.32. The summed E-state index contributed by atoms with van der Waals surface area (Å²) in [6.07, 6.45) is 3.46. The third-order valence-electron chi connectivity index (χ3n) is 1.77. The number of nitrogens with zero attached hydrogens (tertiary/aromatic N) is 1. The number of ether oxygens (including phenoxy) is 1. The van der Waals surface area contributed by atoms with Crippen LogP contribution in [0.15, 0.2) is 22.9 Å². The zero-order chi connectivity index (χ0) is 10.6. The molecule has 1 aromatic rings. The maximum absolute atomic E-state index is 10.9. The van der Waals surface area contributed by atoms with E-state index in [1.165, 1.54) is 7.11 Å². The Morgan fingerprint density at radius 1 is 1.71 bits per heavy atom. The third kappa shape index (κ3) is 3.08. The minimum absolute atomic E-state index is 0.161. The molecule has 1 atom stereocenters. The van der Waals surface area contributed by atoms with E-state index in [9.17, 15) is 4.79 Å². The van der Waals surface area contributed by atoms with E-state index in [2.05, 4.69) is 25.7 Å². The van der Waals surface area contributed by atoms with Gasteiger partial charge in [-0.1, -0.05) is 0 Å². The van der Waals surface area contributed by atoms with Gasteiger partial charge in [-0.2, -0.15) is 0 Å². The quantitative estimate of drug-likeness (QED) is 0.833. The number of nitrogens with two attached hydrogens (primary N) is 1. The van der Waals surface area contributed by atoms with E-state index < -0.39 is 0 Å². The highest BCUT2D eigenvalue weighted by atomic mass is 79.9. The molecule has 0 spiro atoms. The van der Waals surface area contributed by atoms with Crippen LogP contribution in [0.5, 0.6) is 0 Å². The molecule has 0 amide bonds. The van der Waals surface area contributed by atoms with Crippen molar-refractivity contribution in [2.45, 2.75) is 12.5 Å². The van der Waals surface area contributed by atoms with Crippen LogP contribution in [0.1, 0.15) is 18.0 Å². The summed E-state index contributed by atoms with van der Waals surface area (Å²) in [7, 11) is 1.34. The molecule has 0 aromatic carbocycles. The van der Waals surface area contributed by atoms with E-state index in [-0.39, 0.29) is 18.4 Å². The molecule has 0 saturated heterocycles. The van der Waals surface area contributed by atoms with Gasteiger partial charge in [-0.05, 0) is 27.6 Å². The van der Waals surface area contributed by atoms with Crippen LogP contribution in [-0.2, 0) is 9.53 Å². The van der Waals surface area contributed by atoms with E-state index in [4.69, 9.17) is 5.73 Å². The number of carbonyl (C=O) groups is 1. The fourth-order valence-corrected chi connectivity index (χ4v) is 1.39. The standard InChI is InChI=1S/C9H11BrN2O2/c1-14-9(13)3-8(11)6-2-7(10)5-12-4-6/h2,4-5,8H,3,11H2,1H3/t8-/m0/s1. The van der Waals surface area contributed by atoms with Crippen molar-refractivity contribution in [3.05, 3.63) is 28.5 Å². The summed E-state index contributed by atoms with van der Waals surface area (Å²) >= 11 is 3.28. The van der Waals surface area contributed by atoms with Crippen LogP contribution in [0, 0.1) is 0 Å². The van der Waals surface area contributed by atoms with Crippen molar-refractivity contribution in [1.29, 1.82) is 0 Å². The third-order valence-corrected chi connectivity index (χ3v) is 2.20. The zero-order valence-electron chi connectivity index (χ0n) is 7.74. The van der Waals surface area contributed by atoms with Crippen molar-refractivity contribution >= 4 is 21.9 Å². The molecule has 0 aliphatic heterocycles. The topological polar surface area (TPSA) is 65.2 Å². The molecule has 0 fully saturated rings. The molecule has 0 saturated carbocycles. The summed E-state index contributed by atoms with van der Waals surface area (Å²) in [6.45, 7) is 0. The molecule has 14 heavy (non-hydrogen) atoms. The molecule has 0 bridgehead atoms. The summed E-state index contributed by atoms with van der Waals surface area (Å²) < 4.78 is 5.36. The van der Waals surface area contributed by atoms with Gasteiger partial charge in [0.1, 0.15) is 0 Å². The molecule has 1 aromatic heterocycles. The summed E-state index contributed by atoms with van der Waals surface area (Å²) in [5, 5.41) is 0. The van der Waals surface area contributed by atoms with Crippen LogP contribution in [0.3, 0.4) is 0 Å². The Morgan fingerprint density at radius 3 is 3.00 bits per heavy atom. The molecule has 2 N–H and O–H groups in total. The molecule has 1 rings (SSSR count). The first-order valence-electron chi connectivity index (χ1n) is 4.06. The van der Waals surface area contributed by atoms with Gasteiger partial charge in [-0.25, -0.2) is 0 Å². The van der Waals surface area contributed by atoms with Crippen molar-refractivity contribution < 1.29 is 9.53 Å². The van der Waals surface area contributed by atoms with Gasteiger partial charge in [-0.3, -0.25) is 9.78 Å². The molecule has 76 valence electrons. The number of pyridine rings is 1. The Bertz CT molecular complexity index is 330. The van der Waals surface area contributed by atoms with Gasteiger partial charge in [0.15, 0.2) is 0 Å². The molecule has 1 heterocycles. The predicted molar refractivity (Wildman–Crippen MR) is 55.5 cm³/mol. The van der Waals surface area contributed by atoms with E-state index in [1.54, 1.807) is 12.4 Å². The molecular weight excluding hydrogens is 248 g/mol. The highest BCUT2D eigenvalue weighted by Crippen LogP contribution is 2.17. The fraction of sp³-hybridized carbons (Fsp3) is 0.333. The van der Waals surface area contributed by atoms with Crippen molar-refractivity contribution in [2.24, 2.45) is 5.73 Å². The van der Waals surface area contributed by atoms with E-state index in [0.717, 1.165) is 10.0 Å². The van der Waals surface area contributed by atoms with Crippen LogP contribution in [-0.4, -0.2) is 18.1 Å². The maximum Gasteiger partial charge on any atom is 0.307 e. The summed E-state index contributed by atoms with van der Waals surface area (Å²) in [6, 6.07) is 1.47. The van der Waals surface area contributed by atoms with Crippen molar-refractivity contribution in [3.63, 3.8) is 0 Å². The Labute approximate surface area is 90.6 Å². The van der Waals surface area contributed by atoms with E-state index >= 15 is 0 Å². The average Bonchev–Trinajstić information content (AvgIpc) is 2.17. The SMILES string of the molecule is COC(=O)C[C@H](N)c1cncc(Br)c1. The number of carbonyl (C=O) groups excluding carboxylic acids is 1. The minimum atomic E-state index is -0.368. The first-order chi connectivity index (χ1) is 6.63. The molecule has 5 heteroatoms. The molecule has 0 unspecified atom stereocenters. The predicted octanol–water partition coefficient (Wildman–Crippen LogP) is 1.41. The number of hydrogen-bond acceptors (Lipinski definition) is 4. The lowest BCUT2D eigenvalue weighted by Crippen LogP contribution is -2.16. The second-order valence-corrected chi connectivity index (χ2v) is 3.74. The average molecular weight is 259 g/mol. The van der Waals surface area contributed by atoms with Crippen molar-refractivity contribution in [3.8, 4) is 0 Å². The Kier molecular flexibility index (Phi) is 4.03. The summed E-state index contributed by atoms with van der Waals surface area (Å²) in [5.74, 6) is -0.322. The van der Waals surface area contributed by atoms with Gasteiger partial charge in [0.25, 0.3) is 0 Å². The van der Waals surface area contributed by atoms with E-state index in [0.29, 0.717) is 0 Å². The van der Waals surface area contributed by atoms with E-state index in [1.807, 2.05) is 6.07 Å². The van der Waals surface area contributed by atoms with Crippen LogP contribution < -0.4 is 5.73 Å². The summed E-state index contributed by atoms with van der Waals surface area (Å²) in [5.41, 5.74) is 6.59. The Hall–Kier alpha value is -0.940. The molecule has 0 aliphatic rings. The van der Waals surface area contributed by atoms with Gasteiger partial charge < -0.3 is 10.5 Å². The Balaban J connectivity index is 2.69. The maximum atomic E-state index is 10.9. The van der Waals surface area contributed by atoms with Crippen LogP contribution in [0.2, 0.25) is 0 Å². The van der Waals surface area contributed by atoms with Crippen LogP contribution in [0.25, 0.3) is 0 Å². The lowest BCUT2D eigenvalue weighted by Gasteiger charge is -2.09. The van der Waals surface area contributed by atoms with Crippen LogP contribution in [0.4, 0.5) is 0 Å². The monoisotopic (exact) mass is 258 g/mol. The fourth-order valence-electron chi connectivity index (χ4n) is 1.01. The summed E-state index contributed by atoms with van der Waals surface area (Å²) in [4.78, 5) is 14.9. The number of esters is 1. The molecule has 0 aliphatic carbocycles. The van der Waals surface area contributed by atoms with Gasteiger partial charge in [0.2, 0.25) is 0 Å². The normalized spacial score (nSPS) is 12.2. The lowest BCUT2D eigenvalue weighted by atomic mass is 10.1. The number of halogens is 1. The molecule has 0 radical (unpaired) electrons. The first kappa shape index (κ1) is 11.1. The first-order valence-corrected chi connectivity index (χ1v) is 4.85. The van der Waals surface area contributed by atoms with Gasteiger partial charge in [-0.15, -0.1) is 0 Å². The number of methoxy groups -OCH3 is 1. The molecule has 4 nitrogen and oxygen atoms in total. The number of hydrogen-bond donors (Lipinski definition) is 1. The second kappa shape index (κ2) is 5.07. The lowest BCUT2D eigenvalue weighted by molar-refractivity contribution is -0.141. The highest BCUT2D eigenvalue weighted by molar-refractivity contribution is 9.10. The van der Waals surface area contributed by atoms with Crippen molar-refractivity contribution in [1.82, 2.24) is 4.98 Å². The molecular formula is C9H11BrN2O2. The smallest absolute Gasteiger partial charge is 0.307 e. The van der Waals surface area contributed by atoms with Gasteiger partial charge in [0.05, 0.1) is 13.5 Å². The highest BCUT2D eigenvalue weighted by Gasteiger charge is 2.12.